The van der Waals surface area contributed by atoms with Crippen LogP contribution < -0.4 is 4.74 Å². The summed E-state index contributed by atoms with van der Waals surface area (Å²) in [6.45, 7) is 1.86. The van der Waals surface area contributed by atoms with Crippen molar-refractivity contribution in [3.05, 3.63) is 119 Å². The molecule has 0 bridgehead atoms. The van der Waals surface area contributed by atoms with Crippen molar-refractivity contribution >= 4 is 22.1 Å². The van der Waals surface area contributed by atoms with Crippen LogP contribution in [-0.2, 0) is 21.9 Å². The molecule has 4 aromatic rings. The van der Waals surface area contributed by atoms with Crippen LogP contribution in [0.2, 0.25) is 0 Å². The second-order valence-corrected chi connectivity index (χ2v) is 10.5. The molecule has 8 heteroatoms. The minimum atomic E-state index is -4.15. The first-order chi connectivity index (χ1) is 17.3. The Morgan fingerprint density at radius 3 is 2.22 bits per heavy atom. The molecule has 0 fully saturated rings. The number of carboxylic acids is 1. The minimum Gasteiger partial charge on any atom is -0.497 e. The van der Waals surface area contributed by atoms with E-state index < -0.39 is 21.4 Å². The Morgan fingerprint density at radius 1 is 0.972 bits per heavy atom. The van der Waals surface area contributed by atoms with Crippen LogP contribution in [0.4, 0.5) is 0 Å². The van der Waals surface area contributed by atoms with Gasteiger partial charge in [0.05, 0.1) is 17.7 Å². The lowest BCUT2D eigenvalue weighted by Crippen LogP contribution is -2.32. The van der Waals surface area contributed by atoms with Crippen molar-refractivity contribution in [1.29, 1.82) is 0 Å². The molecule has 182 valence electrons. The zero-order valence-electron chi connectivity index (χ0n) is 19.8. The van der Waals surface area contributed by atoms with E-state index >= 15 is 0 Å². The van der Waals surface area contributed by atoms with Gasteiger partial charge in [-0.3, -0.25) is 0 Å². The average Bonchev–Trinajstić information content (AvgIpc) is 3.29. The van der Waals surface area contributed by atoms with Gasteiger partial charge < -0.3 is 9.84 Å². The fourth-order valence-electron chi connectivity index (χ4n) is 4.69. The summed E-state index contributed by atoms with van der Waals surface area (Å²) in [6.07, 6.45) is 3.80. The molecule has 36 heavy (non-hydrogen) atoms. The number of benzene rings is 3. The highest BCUT2D eigenvalue weighted by Crippen LogP contribution is 2.43. The van der Waals surface area contributed by atoms with Gasteiger partial charge in [-0.05, 0) is 42.3 Å². The third-order valence-corrected chi connectivity index (χ3v) is 8.24. The first kappa shape index (κ1) is 23.6. The van der Waals surface area contributed by atoms with E-state index in [9.17, 15) is 18.3 Å². The summed E-state index contributed by atoms with van der Waals surface area (Å²) in [4.78, 5) is 12.1. The zero-order chi connectivity index (χ0) is 25.5. The number of aromatic nitrogens is 2. The number of rotatable bonds is 6. The minimum absolute atomic E-state index is 0.0413. The molecular formula is C28H24N2O5S. The average molecular weight is 501 g/mol. The number of hydrogen-bond donors (Lipinski definition) is 1. The smallest absolute Gasteiger partial charge is 0.357 e. The van der Waals surface area contributed by atoms with Crippen LogP contribution in [0.15, 0.2) is 89.8 Å². The summed E-state index contributed by atoms with van der Waals surface area (Å²) in [6, 6.07) is 23.7. The van der Waals surface area contributed by atoms with Crippen molar-refractivity contribution in [2.75, 3.05) is 7.11 Å². The van der Waals surface area contributed by atoms with E-state index in [0.29, 0.717) is 17.0 Å². The molecule has 7 nitrogen and oxygen atoms in total. The Morgan fingerprint density at radius 2 is 1.61 bits per heavy atom. The van der Waals surface area contributed by atoms with Gasteiger partial charge in [-0.15, -0.1) is 5.10 Å². The third kappa shape index (κ3) is 3.79. The fraction of sp³-hybridized carbons (Fsp3) is 0.143. The molecule has 5 rings (SSSR count). The van der Waals surface area contributed by atoms with Crippen LogP contribution in [0.3, 0.4) is 0 Å². The first-order valence-corrected chi connectivity index (χ1v) is 12.8. The number of hydrogen-bond acceptors (Lipinski definition) is 5. The fourth-order valence-corrected chi connectivity index (χ4v) is 6.01. The number of fused-ring (bicyclic) bond motifs is 1. The van der Waals surface area contributed by atoms with E-state index in [2.05, 4.69) is 5.10 Å². The second-order valence-electron chi connectivity index (χ2n) is 8.75. The summed E-state index contributed by atoms with van der Waals surface area (Å²) in [5, 5.41) is 13.9. The van der Waals surface area contributed by atoms with E-state index in [4.69, 9.17) is 4.74 Å². The second kappa shape index (κ2) is 8.80. The van der Waals surface area contributed by atoms with Gasteiger partial charge in [0, 0.05) is 17.4 Å². The maximum atomic E-state index is 13.7. The lowest BCUT2D eigenvalue weighted by atomic mass is 9.68. The molecule has 1 aliphatic rings. The van der Waals surface area contributed by atoms with Gasteiger partial charge in [0.2, 0.25) is 0 Å². The van der Waals surface area contributed by atoms with Gasteiger partial charge in [0.15, 0.2) is 5.69 Å². The lowest BCUT2D eigenvalue weighted by Gasteiger charge is -2.35. The highest BCUT2D eigenvalue weighted by molar-refractivity contribution is 7.89. The van der Waals surface area contributed by atoms with Crippen molar-refractivity contribution < 1.29 is 23.1 Å². The van der Waals surface area contributed by atoms with E-state index in [1.165, 1.54) is 12.1 Å². The van der Waals surface area contributed by atoms with Crippen LogP contribution in [0.5, 0.6) is 5.75 Å². The molecule has 0 radical (unpaired) electrons. The van der Waals surface area contributed by atoms with E-state index in [1.807, 2.05) is 67.6 Å². The van der Waals surface area contributed by atoms with Crippen molar-refractivity contribution in [3.8, 4) is 5.75 Å². The Hall–Kier alpha value is -4.17. The normalized spacial score (nSPS) is 16.9. The van der Waals surface area contributed by atoms with Gasteiger partial charge in [0.1, 0.15) is 5.75 Å². The number of allylic oxidation sites excluding steroid dienone is 1. The highest BCUT2D eigenvalue weighted by Gasteiger charge is 2.40. The standard InChI is InChI=1S/C28H24N2O5S/c1-19-8-14-23(15-9-19)36(33,34)30-25-18-28(20-6-4-3-5-7-20,21-10-12-22(35-2)13-11-21)17-16-24(25)26(29-30)27(31)32/h3-17H,18H2,1-2H3,(H,31,32). The monoisotopic (exact) mass is 500 g/mol. The van der Waals surface area contributed by atoms with E-state index in [0.717, 1.165) is 20.8 Å². The molecule has 0 aliphatic heterocycles. The lowest BCUT2D eigenvalue weighted by molar-refractivity contribution is 0.0690. The molecular weight excluding hydrogens is 476 g/mol. The summed E-state index contributed by atoms with van der Waals surface area (Å²) < 4.78 is 33.6. The number of ether oxygens (including phenoxy) is 1. The highest BCUT2D eigenvalue weighted by atomic mass is 32.2. The summed E-state index contributed by atoms with van der Waals surface area (Å²) in [5.74, 6) is -0.590. The number of aromatic carboxylic acids is 1. The van der Waals surface area contributed by atoms with Gasteiger partial charge >= 0.3 is 5.97 Å². The summed E-state index contributed by atoms with van der Waals surface area (Å²) >= 11 is 0. The molecule has 1 aliphatic carbocycles. The van der Waals surface area contributed by atoms with E-state index in [-0.39, 0.29) is 17.0 Å². The van der Waals surface area contributed by atoms with Crippen LogP contribution in [-0.4, -0.2) is 35.8 Å². The predicted molar refractivity (Wildman–Crippen MR) is 136 cm³/mol. The molecule has 1 N–H and O–H groups in total. The van der Waals surface area contributed by atoms with Gasteiger partial charge in [-0.25, -0.2) is 4.79 Å². The van der Waals surface area contributed by atoms with Gasteiger partial charge in [-0.2, -0.15) is 12.5 Å². The van der Waals surface area contributed by atoms with Gasteiger partial charge in [-0.1, -0.05) is 72.3 Å². The molecule has 1 heterocycles. The van der Waals surface area contributed by atoms with Crippen LogP contribution in [0.25, 0.3) is 6.08 Å². The van der Waals surface area contributed by atoms with Crippen molar-refractivity contribution in [2.24, 2.45) is 0 Å². The molecule has 0 spiro atoms. The Bertz CT molecular complexity index is 1570. The predicted octanol–water partition coefficient (Wildman–Crippen LogP) is 4.69. The molecule has 1 atom stereocenters. The Kier molecular flexibility index (Phi) is 5.76. The maximum absolute atomic E-state index is 13.7. The Balaban J connectivity index is 1.74. The number of methoxy groups -OCH3 is 1. The molecule has 1 aromatic heterocycles. The molecule has 1 unspecified atom stereocenters. The zero-order valence-corrected chi connectivity index (χ0v) is 20.6. The first-order valence-electron chi connectivity index (χ1n) is 11.3. The summed E-state index contributed by atoms with van der Waals surface area (Å²) in [7, 11) is -2.55. The van der Waals surface area contributed by atoms with E-state index in [1.54, 1.807) is 25.3 Å². The van der Waals surface area contributed by atoms with Crippen LogP contribution in [0, 0.1) is 6.92 Å². The van der Waals surface area contributed by atoms with Gasteiger partial charge in [0.25, 0.3) is 10.0 Å². The Labute approximate surface area is 209 Å². The largest absolute Gasteiger partial charge is 0.497 e. The van der Waals surface area contributed by atoms with Crippen LogP contribution >= 0.6 is 0 Å². The molecule has 0 saturated heterocycles. The molecule has 3 aromatic carbocycles. The topological polar surface area (TPSA) is 98.5 Å². The number of nitrogens with zero attached hydrogens (tertiary/aromatic N) is 2. The quantitative estimate of drug-likeness (QED) is 0.412. The number of carboxylic acid groups (broad SMARTS) is 1. The SMILES string of the molecule is COc1ccc(C2(c3ccccc3)C=Cc3c(C(=O)O)nn(S(=O)(=O)c4ccc(C)cc4)c3C2)cc1. The van der Waals surface area contributed by atoms with Crippen molar-refractivity contribution in [3.63, 3.8) is 0 Å². The molecule has 0 amide bonds. The van der Waals surface area contributed by atoms with Crippen LogP contribution in [0.1, 0.15) is 38.4 Å². The van der Waals surface area contributed by atoms with Crippen molar-refractivity contribution in [2.45, 2.75) is 23.7 Å². The number of aryl methyl sites for hydroxylation is 1. The maximum Gasteiger partial charge on any atom is 0.357 e. The molecule has 0 saturated carbocycles. The number of carbonyl (C=O) groups is 1. The van der Waals surface area contributed by atoms with Crippen molar-refractivity contribution in [1.82, 2.24) is 9.19 Å². The summed E-state index contributed by atoms with van der Waals surface area (Å²) in [5.41, 5.74) is 2.31. The third-order valence-electron chi connectivity index (χ3n) is 6.61.